The molecule has 4 aromatic heterocycles. The molecule has 0 radical (unpaired) electrons. The average Bonchev–Trinajstić information content (AvgIpc) is 3.52. The fraction of sp³-hybridized carbons (Fsp3) is 0.167. The number of carbonyl (C=O) groups excluding carboxylic acids is 1. The highest BCUT2D eigenvalue weighted by Gasteiger charge is 2.22. The highest BCUT2D eigenvalue weighted by Crippen LogP contribution is 2.35. The first kappa shape index (κ1) is 25.8. The second-order valence-electron chi connectivity index (χ2n) is 10.6. The number of H-pyrrole nitrogens is 1. The molecule has 41 heavy (non-hydrogen) atoms. The van der Waals surface area contributed by atoms with E-state index in [0.717, 1.165) is 11.4 Å². The molecule has 0 unspecified atom stereocenters. The Kier molecular flexibility index (Phi) is 6.26. The minimum atomic E-state index is -0.444. The Morgan fingerprint density at radius 1 is 0.927 bits per heavy atom. The van der Waals surface area contributed by atoms with Crippen molar-refractivity contribution in [2.45, 2.75) is 26.2 Å². The number of pyridine rings is 2. The summed E-state index contributed by atoms with van der Waals surface area (Å²) in [7, 11) is 1.64. The van der Waals surface area contributed by atoms with E-state index in [-0.39, 0.29) is 11.1 Å². The van der Waals surface area contributed by atoms with Crippen molar-refractivity contribution >= 4 is 39.6 Å². The van der Waals surface area contributed by atoms with Crippen LogP contribution in [0.2, 0.25) is 0 Å². The van der Waals surface area contributed by atoms with Gasteiger partial charge >= 0.3 is 11.7 Å². The molecule has 0 fully saturated rings. The lowest BCUT2D eigenvalue weighted by molar-refractivity contribution is 0.262. The number of aromatic amines is 1. The monoisotopic (exact) mass is 548 g/mol. The summed E-state index contributed by atoms with van der Waals surface area (Å²) < 4.78 is 9.36. The van der Waals surface area contributed by atoms with Crippen LogP contribution in [0.3, 0.4) is 0 Å². The number of nitrogens with one attached hydrogen (secondary N) is 3. The molecule has 11 heteroatoms. The van der Waals surface area contributed by atoms with E-state index in [1.165, 1.54) is 4.57 Å². The number of anilines is 2. The third kappa shape index (κ3) is 4.89. The maximum absolute atomic E-state index is 13.3. The maximum Gasteiger partial charge on any atom is 0.327 e. The number of hydrogen-bond acceptors (Lipinski definition) is 6. The van der Waals surface area contributed by atoms with Crippen LogP contribution in [0.5, 0.6) is 11.5 Å². The summed E-state index contributed by atoms with van der Waals surface area (Å²) in [6.07, 6.45) is 3.23. The highest BCUT2D eigenvalue weighted by atomic mass is 16.5. The molecule has 4 heterocycles. The molecule has 0 aliphatic heterocycles. The summed E-state index contributed by atoms with van der Waals surface area (Å²) in [5.41, 5.74) is 3.18. The molecule has 0 saturated carbocycles. The van der Waals surface area contributed by atoms with Crippen LogP contribution in [0.25, 0.3) is 27.8 Å². The SMILES string of the molecule is Cn1c(=O)[nH]c2c(Oc3ccc(NC(=O)Nc4cc(C(C)(C)C)nn4-c4ccccc4)c4ncccc34)ccnc21. The summed E-state index contributed by atoms with van der Waals surface area (Å²) in [5, 5.41) is 11.3. The van der Waals surface area contributed by atoms with E-state index < -0.39 is 6.03 Å². The van der Waals surface area contributed by atoms with Gasteiger partial charge in [0.25, 0.3) is 0 Å². The second kappa shape index (κ2) is 9.94. The van der Waals surface area contributed by atoms with Crippen LogP contribution >= 0.6 is 0 Å². The predicted octanol–water partition coefficient (Wildman–Crippen LogP) is 5.73. The van der Waals surface area contributed by atoms with Crippen molar-refractivity contribution in [3.63, 3.8) is 0 Å². The number of benzene rings is 2. The summed E-state index contributed by atoms with van der Waals surface area (Å²) in [4.78, 5) is 37.0. The van der Waals surface area contributed by atoms with Gasteiger partial charge in [0.15, 0.2) is 11.4 Å². The van der Waals surface area contributed by atoms with Crippen LogP contribution in [0.4, 0.5) is 16.3 Å². The third-order valence-corrected chi connectivity index (χ3v) is 6.66. The molecule has 0 atom stereocenters. The number of rotatable bonds is 5. The highest BCUT2D eigenvalue weighted by molar-refractivity contribution is 6.06. The van der Waals surface area contributed by atoms with Gasteiger partial charge in [-0.15, -0.1) is 0 Å². The normalized spacial score (nSPS) is 11.6. The lowest BCUT2D eigenvalue weighted by Gasteiger charge is -2.14. The van der Waals surface area contributed by atoms with Crippen LogP contribution in [-0.4, -0.2) is 35.3 Å². The van der Waals surface area contributed by atoms with Gasteiger partial charge in [0, 0.05) is 42.4 Å². The molecule has 6 rings (SSSR count). The van der Waals surface area contributed by atoms with E-state index in [4.69, 9.17) is 9.84 Å². The van der Waals surface area contributed by atoms with Crippen LogP contribution in [-0.2, 0) is 12.5 Å². The Morgan fingerprint density at radius 3 is 2.51 bits per heavy atom. The molecule has 0 aliphatic carbocycles. The van der Waals surface area contributed by atoms with Gasteiger partial charge in [0.2, 0.25) is 0 Å². The molecule has 0 aliphatic rings. The number of fused-ring (bicyclic) bond motifs is 2. The Bertz CT molecular complexity index is 1970. The second-order valence-corrected chi connectivity index (χ2v) is 10.6. The zero-order valence-electron chi connectivity index (χ0n) is 23.0. The quantitative estimate of drug-likeness (QED) is 0.252. The Balaban J connectivity index is 1.30. The standard InChI is InChI=1S/C30H28N8O3/c1-30(2,3)23-17-24(38(36-23)18-9-6-5-7-10-18)34-28(39)33-20-12-13-21(19-11-8-15-31-25(19)20)41-22-14-16-32-27-26(22)35-29(40)37(27)4/h5-17H,1-4H3,(H,35,40)(H2,33,34,39). The van der Waals surface area contributed by atoms with Crippen molar-refractivity contribution < 1.29 is 9.53 Å². The number of aromatic nitrogens is 6. The summed E-state index contributed by atoms with van der Waals surface area (Å²) >= 11 is 0. The lowest BCUT2D eigenvalue weighted by Crippen LogP contribution is -2.21. The number of nitrogens with zero attached hydrogens (tertiary/aromatic N) is 5. The van der Waals surface area contributed by atoms with E-state index in [0.29, 0.717) is 45.1 Å². The fourth-order valence-corrected chi connectivity index (χ4v) is 4.50. The first-order chi connectivity index (χ1) is 19.7. The van der Waals surface area contributed by atoms with Crippen LogP contribution in [0, 0.1) is 0 Å². The number of ether oxygens (including phenoxy) is 1. The van der Waals surface area contributed by atoms with Crippen LogP contribution in [0.15, 0.2) is 83.9 Å². The van der Waals surface area contributed by atoms with Gasteiger partial charge in [-0.1, -0.05) is 39.0 Å². The minimum absolute atomic E-state index is 0.212. The van der Waals surface area contributed by atoms with Gasteiger partial charge in [-0.25, -0.2) is 19.3 Å². The van der Waals surface area contributed by atoms with Crippen molar-refractivity contribution in [1.82, 2.24) is 29.3 Å². The average molecular weight is 549 g/mol. The van der Waals surface area contributed by atoms with E-state index >= 15 is 0 Å². The van der Waals surface area contributed by atoms with Crippen molar-refractivity contribution in [2.24, 2.45) is 7.05 Å². The first-order valence-electron chi connectivity index (χ1n) is 13.0. The minimum Gasteiger partial charge on any atom is -0.454 e. The molecule has 0 saturated heterocycles. The first-order valence-corrected chi connectivity index (χ1v) is 13.0. The van der Waals surface area contributed by atoms with Crippen molar-refractivity contribution in [3.05, 3.63) is 95.3 Å². The Labute approximate surface area is 234 Å². The zero-order chi connectivity index (χ0) is 28.7. The molecule has 6 aromatic rings. The van der Waals surface area contributed by atoms with Crippen molar-refractivity contribution in [2.75, 3.05) is 10.6 Å². The molecule has 11 nitrogen and oxygen atoms in total. The summed E-state index contributed by atoms with van der Waals surface area (Å²) in [5.74, 6) is 1.49. The summed E-state index contributed by atoms with van der Waals surface area (Å²) in [6, 6.07) is 19.9. The maximum atomic E-state index is 13.3. The predicted molar refractivity (Wildman–Crippen MR) is 158 cm³/mol. The fourth-order valence-electron chi connectivity index (χ4n) is 4.50. The molecule has 0 spiro atoms. The molecular formula is C30H28N8O3. The molecule has 2 aromatic carbocycles. The van der Waals surface area contributed by atoms with Crippen molar-refractivity contribution in [3.8, 4) is 17.2 Å². The lowest BCUT2D eigenvalue weighted by atomic mass is 9.92. The Morgan fingerprint density at radius 2 is 1.73 bits per heavy atom. The number of amides is 2. The van der Waals surface area contributed by atoms with Gasteiger partial charge < -0.3 is 15.0 Å². The van der Waals surface area contributed by atoms with Gasteiger partial charge in [0.05, 0.1) is 22.6 Å². The Hall–Kier alpha value is -5.45. The smallest absolute Gasteiger partial charge is 0.327 e. The number of para-hydroxylation sites is 1. The van der Waals surface area contributed by atoms with Crippen LogP contribution < -0.4 is 21.1 Å². The third-order valence-electron chi connectivity index (χ3n) is 6.66. The molecule has 206 valence electrons. The van der Waals surface area contributed by atoms with E-state index in [1.807, 2.05) is 42.5 Å². The molecule has 3 N–H and O–H groups in total. The van der Waals surface area contributed by atoms with Crippen LogP contribution in [0.1, 0.15) is 26.5 Å². The number of aryl methyl sites for hydroxylation is 1. The number of carbonyl (C=O) groups is 1. The van der Waals surface area contributed by atoms with Gasteiger partial charge in [-0.05, 0) is 36.4 Å². The molecule has 2 amide bonds. The molecular weight excluding hydrogens is 520 g/mol. The van der Waals surface area contributed by atoms with Crippen molar-refractivity contribution in [1.29, 1.82) is 0 Å². The van der Waals surface area contributed by atoms with Gasteiger partial charge in [0.1, 0.15) is 17.1 Å². The van der Waals surface area contributed by atoms with E-state index in [9.17, 15) is 9.59 Å². The summed E-state index contributed by atoms with van der Waals surface area (Å²) in [6.45, 7) is 6.22. The van der Waals surface area contributed by atoms with E-state index in [2.05, 4.69) is 46.4 Å². The van der Waals surface area contributed by atoms with Gasteiger partial charge in [-0.2, -0.15) is 5.10 Å². The number of hydrogen-bond donors (Lipinski definition) is 3. The largest absolute Gasteiger partial charge is 0.454 e. The molecule has 0 bridgehead atoms. The number of imidazole rings is 1. The van der Waals surface area contributed by atoms with Gasteiger partial charge in [-0.3, -0.25) is 14.9 Å². The van der Waals surface area contributed by atoms with E-state index in [1.54, 1.807) is 48.4 Å². The zero-order valence-corrected chi connectivity index (χ0v) is 23.0. The number of urea groups is 1. The topological polar surface area (TPSA) is 132 Å².